The molecule has 2 aromatic rings. The van der Waals surface area contributed by atoms with Gasteiger partial charge in [0.2, 0.25) is 0 Å². The molecule has 0 amide bonds. The first-order valence-electron chi connectivity index (χ1n) is 7.15. The number of ether oxygens (including phenoxy) is 3. The summed E-state index contributed by atoms with van der Waals surface area (Å²) >= 11 is 0. The van der Waals surface area contributed by atoms with E-state index in [4.69, 9.17) is 14.2 Å². The average molecular weight is 301 g/mol. The maximum absolute atomic E-state index is 5.50. The molecule has 4 nitrogen and oxygen atoms in total. The van der Waals surface area contributed by atoms with Crippen LogP contribution in [-0.4, -0.2) is 28.4 Å². The van der Waals surface area contributed by atoms with Crippen LogP contribution in [0.15, 0.2) is 36.4 Å². The summed E-state index contributed by atoms with van der Waals surface area (Å²) < 4.78 is 16.3. The van der Waals surface area contributed by atoms with E-state index in [9.17, 15) is 0 Å². The van der Waals surface area contributed by atoms with Gasteiger partial charge in [-0.15, -0.1) is 0 Å². The Morgan fingerprint density at radius 3 is 1.86 bits per heavy atom. The van der Waals surface area contributed by atoms with Crippen molar-refractivity contribution < 1.29 is 14.2 Å². The Bertz CT molecular complexity index is 598. The predicted molar refractivity (Wildman–Crippen MR) is 89.4 cm³/mol. The molecule has 0 aliphatic rings. The maximum atomic E-state index is 5.50. The van der Waals surface area contributed by atoms with Crippen LogP contribution in [0.5, 0.6) is 17.2 Å². The van der Waals surface area contributed by atoms with Crippen LogP contribution in [-0.2, 0) is 6.54 Å². The molecule has 0 saturated heterocycles. The minimum Gasteiger partial charge on any atom is -0.496 e. The van der Waals surface area contributed by atoms with Crippen LogP contribution in [0, 0.1) is 6.92 Å². The second-order valence-corrected chi connectivity index (χ2v) is 5.20. The van der Waals surface area contributed by atoms with E-state index < -0.39 is 0 Å². The fourth-order valence-corrected chi connectivity index (χ4v) is 2.36. The first-order valence-corrected chi connectivity index (χ1v) is 7.15. The van der Waals surface area contributed by atoms with E-state index in [0.717, 1.165) is 28.5 Å². The van der Waals surface area contributed by atoms with Crippen molar-refractivity contribution in [2.24, 2.45) is 0 Å². The summed E-state index contributed by atoms with van der Waals surface area (Å²) in [6.07, 6.45) is 0. The molecule has 0 fully saturated rings. The summed E-state index contributed by atoms with van der Waals surface area (Å²) in [6.45, 7) is 2.76. The van der Waals surface area contributed by atoms with Crippen LogP contribution in [0.25, 0.3) is 0 Å². The van der Waals surface area contributed by atoms with Gasteiger partial charge in [-0.1, -0.05) is 17.7 Å². The van der Waals surface area contributed by atoms with E-state index in [2.05, 4.69) is 36.1 Å². The SMILES string of the molecule is COc1cc(OC)c(CN(C)c2ccc(C)cc2)c(OC)c1. The molecule has 0 unspecified atom stereocenters. The van der Waals surface area contributed by atoms with E-state index in [1.807, 2.05) is 19.2 Å². The topological polar surface area (TPSA) is 30.9 Å². The third-order valence-electron chi connectivity index (χ3n) is 3.69. The summed E-state index contributed by atoms with van der Waals surface area (Å²) in [5, 5.41) is 0. The Morgan fingerprint density at radius 2 is 1.41 bits per heavy atom. The van der Waals surface area contributed by atoms with Gasteiger partial charge in [-0.2, -0.15) is 0 Å². The number of nitrogens with zero attached hydrogens (tertiary/aromatic N) is 1. The normalized spacial score (nSPS) is 10.2. The van der Waals surface area contributed by atoms with E-state index in [1.165, 1.54) is 5.56 Å². The second kappa shape index (κ2) is 7.07. The highest BCUT2D eigenvalue weighted by Crippen LogP contribution is 2.35. The number of benzene rings is 2. The molecule has 0 aromatic heterocycles. The molecular formula is C18H23NO3. The van der Waals surface area contributed by atoms with Crippen molar-refractivity contribution in [1.82, 2.24) is 0 Å². The van der Waals surface area contributed by atoms with Crippen molar-refractivity contribution in [3.8, 4) is 17.2 Å². The van der Waals surface area contributed by atoms with Crippen molar-refractivity contribution in [1.29, 1.82) is 0 Å². The highest BCUT2D eigenvalue weighted by atomic mass is 16.5. The zero-order valence-corrected chi connectivity index (χ0v) is 13.8. The first-order chi connectivity index (χ1) is 10.6. The monoisotopic (exact) mass is 301 g/mol. The first kappa shape index (κ1) is 16.0. The van der Waals surface area contributed by atoms with Gasteiger partial charge in [0.05, 0.1) is 26.9 Å². The molecule has 2 rings (SSSR count). The average Bonchev–Trinajstić information content (AvgIpc) is 2.55. The summed E-state index contributed by atoms with van der Waals surface area (Å²) in [5.74, 6) is 2.24. The highest BCUT2D eigenvalue weighted by Gasteiger charge is 2.15. The highest BCUT2D eigenvalue weighted by molar-refractivity contribution is 5.54. The molecule has 22 heavy (non-hydrogen) atoms. The Balaban J connectivity index is 2.33. The smallest absolute Gasteiger partial charge is 0.131 e. The molecule has 118 valence electrons. The van der Waals surface area contributed by atoms with Crippen molar-refractivity contribution >= 4 is 5.69 Å². The summed E-state index contributed by atoms with van der Waals surface area (Å²) in [6, 6.07) is 12.2. The second-order valence-electron chi connectivity index (χ2n) is 5.20. The third kappa shape index (κ3) is 3.45. The van der Waals surface area contributed by atoms with Crippen LogP contribution >= 0.6 is 0 Å². The molecule has 2 aromatic carbocycles. The third-order valence-corrected chi connectivity index (χ3v) is 3.69. The van der Waals surface area contributed by atoms with Crippen molar-refractivity contribution in [3.63, 3.8) is 0 Å². The minimum absolute atomic E-state index is 0.680. The Hall–Kier alpha value is -2.36. The van der Waals surface area contributed by atoms with E-state index in [-0.39, 0.29) is 0 Å². The van der Waals surface area contributed by atoms with Gasteiger partial charge in [0.1, 0.15) is 17.2 Å². The lowest BCUT2D eigenvalue weighted by Gasteiger charge is -2.23. The number of aryl methyl sites for hydroxylation is 1. The van der Waals surface area contributed by atoms with Crippen molar-refractivity contribution in [2.45, 2.75) is 13.5 Å². The summed E-state index contributed by atoms with van der Waals surface area (Å²) in [5.41, 5.74) is 3.39. The largest absolute Gasteiger partial charge is 0.496 e. The van der Waals surface area contributed by atoms with Gasteiger partial charge in [-0.25, -0.2) is 0 Å². The molecule has 0 heterocycles. The predicted octanol–water partition coefficient (Wildman–Crippen LogP) is 3.66. The summed E-state index contributed by atoms with van der Waals surface area (Å²) in [7, 11) is 6.99. The quantitative estimate of drug-likeness (QED) is 0.815. The molecular weight excluding hydrogens is 278 g/mol. The van der Waals surface area contributed by atoms with Crippen LogP contribution < -0.4 is 19.1 Å². The molecule has 0 radical (unpaired) electrons. The molecule has 0 aliphatic carbocycles. The summed E-state index contributed by atoms with van der Waals surface area (Å²) in [4.78, 5) is 2.16. The molecule has 0 aliphatic heterocycles. The van der Waals surface area contributed by atoms with E-state index in [1.54, 1.807) is 21.3 Å². The molecule has 4 heteroatoms. The lowest BCUT2D eigenvalue weighted by atomic mass is 10.1. The number of anilines is 1. The fraction of sp³-hybridized carbons (Fsp3) is 0.333. The maximum Gasteiger partial charge on any atom is 0.131 e. The van der Waals surface area contributed by atoms with Gasteiger partial charge in [-0.05, 0) is 19.1 Å². The zero-order chi connectivity index (χ0) is 16.1. The van der Waals surface area contributed by atoms with Gasteiger partial charge >= 0.3 is 0 Å². The van der Waals surface area contributed by atoms with Crippen molar-refractivity contribution in [2.75, 3.05) is 33.3 Å². The van der Waals surface area contributed by atoms with Gasteiger partial charge in [0.25, 0.3) is 0 Å². The number of methoxy groups -OCH3 is 3. The van der Waals surface area contributed by atoms with Gasteiger partial charge < -0.3 is 19.1 Å². The van der Waals surface area contributed by atoms with Crippen LogP contribution in [0.3, 0.4) is 0 Å². The van der Waals surface area contributed by atoms with Gasteiger partial charge in [-0.3, -0.25) is 0 Å². The molecule has 0 N–H and O–H groups in total. The Labute approximate surface area is 132 Å². The fourth-order valence-electron chi connectivity index (χ4n) is 2.36. The lowest BCUT2D eigenvalue weighted by molar-refractivity contribution is 0.368. The van der Waals surface area contributed by atoms with Gasteiger partial charge in [0.15, 0.2) is 0 Å². The molecule has 0 atom stereocenters. The lowest BCUT2D eigenvalue weighted by Crippen LogP contribution is -2.17. The van der Waals surface area contributed by atoms with Crippen molar-refractivity contribution in [3.05, 3.63) is 47.5 Å². The molecule has 0 saturated carbocycles. The van der Waals surface area contributed by atoms with E-state index >= 15 is 0 Å². The van der Waals surface area contributed by atoms with E-state index in [0.29, 0.717) is 6.54 Å². The van der Waals surface area contributed by atoms with Crippen LogP contribution in [0.4, 0.5) is 5.69 Å². The zero-order valence-electron chi connectivity index (χ0n) is 13.8. The number of rotatable bonds is 6. The Morgan fingerprint density at radius 1 is 0.864 bits per heavy atom. The van der Waals surface area contributed by atoms with Crippen LogP contribution in [0.2, 0.25) is 0 Å². The van der Waals surface area contributed by atoms with Crippen LogP contribution in [0.1, 0.15) is 11.1 Å². The van der Waals surface area contributed by atoms with Gasteiger partial charge in [0, 0.05) is 31.4 Å². The Kier molecular flexibility index (Phi) is 5.15. The number of hydrogen-bond donors (Lipinski definition) is 0. The molecule has 0 bridgehead atoms. The number of hydrogen-bond acceptors (Lipinski definition) is 4. The minimum atomic E-state index is 0.680. The standard InChI is InChI=1S/C18H23NO3/c1-13-6-8-14(9-7-13)19(2)12-16-17(21-4)10-15(20-3)11-18(16)22-5/h6-11H,12H2,1-5H3. The molecule has 0 spiro atoms.